The molecule has 0 radical (unpaired) electrons. The molecule has 2 heterocycles. The fourth-order valence-corrected chi connectivity index (χ4v) is 1.85. The molecule has 3 atom stereocenters. The summed E-state index contributed by atoms with van der Waals surface area (Å²) >= 11 is 0. The SMILES string of the molecule is Cc1oc(C2NCC(O)C2O)cc1C(=O)O. The molecule has 0 spiro atoms. The molecule has 1 aliphatic rings. The third kappa shape index (κ3) is 1.71. The average Bonchev–Trinajstić information content (AvgIpc) is 2.73. The number of furan rings is 1. The van der Waals surface area contributed by atoms with Crippen molar-refractivity contribution in [1.29, 1.82) is 0 Å². The van der Waals surface area contributed by atoms with Gasteiger partial charge in [-0.1, -0.05) is 0 Å². The Morgan fingerprint density at radius 1 is 1.56 bits per heavy atom. The van der Waals surface area contributed by atoms with Gasteiger partial charge in [0, 0.05) is 6.54 Å². The van der Waals surface area contributed by atoms with Crippen molar-refractivity contribution in [1.82, 2.24) is 5.32 Å². The Morgan fingerprint density at radius 3 is 2.69 bits per heavy atom. The molecule has 1 aromatic heterocycles. The number of aromatic carboxylic acids is 1. The van der Waals surface area contributed by atoms with Crippen LogP contribution < -0.4 is 5.32 Å². The van der Waals surface area contributed by atoms with E-state index in [2.05, 4.69) is 5.32 Å². The van der Waals surface area contributed by atoms with Crippen molar-refractivity contribution in [3.63, 3.8) is 0 Å². The van der Waals surface area contributed by atoms with Crippen molar-refractivity contribution in [2.45, 2.75) is 25.2 Å². The van der Waals surface area contributed by atoms with E-state index in [1.54, 1.807) is 6.92 Å². The minimum Gasteiger partial charge on any atom is -0.478 e. The Bertz CT molecular complexity index is 413. The molecule has 1 fully saturated rings. The van der Waals surface area contributed by atoms with Crippen molar-refractivity contribution in [3.05, 3.63) is 23.2 Å². The number of rotatable bonds is 2. The van der Waals surface area contributed by atoms with E-state index in [1.807, 2.05) is 0 Å². The third-order valence-electron chi connectivity index (χ3n) is 2.76. The molecule has 1 aliphatic heterocycles. The first-order chi connectivity index (χ1) is 7.50. The van der Waals surface area contributed by atoms with E-state index in [0.29, 0.717) is 5.76 Å². The Morgan fingerprint density at radius 2 is 2.25 bits per heavy atom. The molecule has 88 valence electrons. The third-order valence-corrected chi connectivity index (χ3v) is 2.76. The molecule has 2 rings (SSSR count). The largest absolute Gasteiger partial charge is 0.478 e. The lowest BCUT2D eigenvalue weighted by Crippen LogP contribution is -2.25. The highest BCUT2D eigenvalue weighted by molar-refractivity contribution is 5.88. The summed E-state index contributed by atoms with van der Waals surface area (Å²) in [5.41, 5.74) is 0.0744. The summed E-state index contributed by atoms with van der Waals surface area (Å²) in [6, 6.07) is 0.818. The zero-order chi connectivity index (χ0) is 11.9. The average molecular weight is 227 g/mol. The van der Waals surface area contributed by atoms with E-state index in [1.165, 1.54) is 6.07 Å². The van der Waals surface area contributed by atoms with Crippen molar-refractivity contribution in [2.24, 2.45) is 0 Å². The van der Waals surface area contributed by atoms with Gasteiger partial charge >= 0.3 is 5.97 Å². The van der Waals surface area contributed by atoms with Gasteiger partial charge in [0.25, 0.3) is 0 Å². The summed E-state index contributed by atoms with van der Waals surface area (Å²) in [5.74, 6) is -0.447. The summed E-state index contributed by atoms with van der Waals surface area (Å²) in [6.07, 6.45) is -1.84. The van der Waals surface area contributed by atoms with Gasteiger partial charge in [-0.3, -0.25) is 0 Å². The number of hydrogen-bond acceptors (Lipinski definition) is 5. The van der Waals surface area contributed by atoms with Crippen molar-refractivity contribution < 1.29 is 24.5 Å². The number of carbonyl (C=O) groups is 1. The highest BCUT2D eigenvalue weighted by Gasteiger charge is 2.36. The maximum absolute atomic E-state index is 10.8. The highest BCUT2D eigenvalue weighted by atomic mass is 16.4. The van der Waals surface area contributed by atoms with Gasteiger partial charge < -0.3 is 25.1 Å². The Hall–Kier alpha value is -1.37. The summed E-state index contributed by atoms with van der Waals surface area (Å²) in [5, 5.41) is 30.7. The van der Waals surface area contributed by atoms with Crippen LogP contribution in [0.1, 0.15) is 27.9 Å². The molecular weight excluding hydrogens is 214 g/mol. The van der Waals surface area contributed by atoms with Crippen LogP contribution in [-0.4, -0.2) is 40.0 Å². The van der Waals surface area contributed by atoms with Crippen LogP contribution in [-0.2, 0) is 0 Å². The van der Waals surface area contributed by atoms with Gasteiger partial charge in [0.1, 0.15) is 23.2 Å². The second-order valence-corrected chi connectivity index (χ2v) is 3.87. The number of carboxylic acid groups (broad SMARTS) is 1. The summed E-state index contributed by atoms with van der Waals surface area (Å²) < 4.78 is 5.26. The van der Waals surface area contributed by atoms with E-state index in [4.69, 9.17) is 9.52 Å². The number of nitrogens with one attached hydrogen (secondary N) is 1. The molecule has 4 N–H and O–H groups in total. The van der Waals surface area contributed by atoms with E-state index < -0.39 is 24.2 Å². The minimum absolute atomic E-state index is 0.0744. The molecule has 3 unspecified atom stereocenters. The Labute approximate surface area is 91.5 Å². The van der Waals surface area contributed by atoms with Gasteiger partial charge in [0.2, 0.25) is 0 Å². The lowest BCUT2D eigenvalue weighted by atomic mass is 10.1. The van der Waals surface area contributed by atoms with Crippen LogP contribution in [0, 0.1) is 6.92 Å². The van der Waals surface area contributed by atoms with Crippen molar-refractivity contribution >= 4 is 5.97 Å². The van der Waals surface area contributed by atoms with Gasteiger partial charge in [0.05, 0.1) is 12.1 Å². The van der Waals surface area contributed by atoms with Crippen LogP contribution >= 0.6 is 0 Å². The van der Waals surface area contributed by atoms with Crippen molar-refractivity contribution in [3.8, 4) is 0 Å². The molecule has 16 heavy (non-hydrogen) atoms. The molecule has 0 saturated carbocycles. The molecule has 6 heteroatoms. The lowest BCUT2D eigenvalue weighted by Gasteiger charge is -2.12. The van der Waals surface area contributed by atoms with Crippen LogP contribution in [0.5, 0.6) is 0 Å². The van der Waals surface area contributed by atoms with E-state index >= 15 is 0 Å². The first-order valence-electron chi connectivity index (χ1n) is 4.94. The van der Waals surface area contributed by atoms with Crippen LogP contribution in [0.3, 0.4) is 0 Å². The van der Waals surface area contributed by atoms with Gasteiger partial charge in [-0.25, -0.2) is 4.79 Å². The number of hydrogen-bond donors (Lipinski definition) is 4. The number of aryl methyl sites for hydroxylation is 1. The zero-order valence-corrected chi connectivity index (χ0v) is 8.67. The Kier molecular flexibility index (Phi) is 2.71. The summed E-state index contributed by atoms with van der Waals surface area (Å²) in [7, 11) is 0. The molecular formula is C10H13NO5. The van der Waals surface area contributed by atoms with Crippen LogP contribution in [0.15, 0.2) is 10.5 Å². The fraction of sp³-hybridized carbons (Fsp3) is 0.500. The monoisotopic (exact) mass is 227 g/mol. The molecule has 0 aliphatic carbocycles. The molecule has 1 aromatic rings. The predicted molar refractivity (Wildman–Crippen MR) is 53.2 cm³/mol. The number of carboxylic acids is 1. The molecule has 1 saturated heterocycles. The summed E-state index contributed by atoms with van der Waals surface area (Å²) in [4.78, 5) is 10.8. The maximum atomic E-state index is 10.8. The fourth-order valence-electron chi connectivity index (χ4n) is 1.85. The van der Waals surface area contributed by atoms with Crippen LogP contribution in [0.4, 0.5) is 0 Å². The standard InChI is InChI=1S/C10H13NO5/c1-4-5(10(14)15)2-7(16-4)8-9(13)6(12)3-11-8/h2,6,8-9,11-13H,3H2,1H3,(H,14,15). The van der Waals surface area contributed by atoms with Crippen LogP contribution in [0.25, 0.3) is 0 Å². The Balaban J connectivity index is 2.28. The van der Waals surface area contributed by atoms with E-state index in [9.17, 15) is 15.0 Å². The maximum Gasteiger partial charge on any atom is 0.339 e. The molecule has 0 amide bonds. The minimum atomic E-state index is -1.07. The van der Waals surface area contributed by atoms with Gasteiger partial charge in [-0.05, 0) is 13.0 Å². The topological polar surface area (TPSA) is 103 Å². The normalized spacial score (nSPS) is 29.6. The van der Waals surface area contributed by atoms with Gasteiger partial charge in [-0.15, -0.1) is 0 Å². The quantitative estimate of drug-likeness (QED) is 0.551. The second kappa shape index (κ2) is 3.89. The first-order valence-corrected chi connectivity index (χ1v) is 4.94. The molecule has 0 bridgehead atoms. The number of aliphatic hydroxyl groups is 2. The zero-order valence-electron chi connectivity index (χ0n) is 8.67. The smallest absolute Gasteiger partial charge is 0.339 e. The molecule has 0 aromatic carbocycles. The van der Waals surface area contributed by atoms with E-state index in [-0.39, 0.29) is 17.9 Å². The first kappa shape index (κ1) is 11.1. The summed E-state index contributed by atoms with van der Waals surface area (Å²) in [6.45, 7) is 1.80. The highest BCUT2D eigenvalue weighted by Crippen LogP contribution is 2.27. The molecule has 6 nitrogen and oxygen atoms in total. The second-order valence-electron chi connectivity index (χ2n) is 3.87. The predicted octanol–water partition coefficient (Wildman–Crippen LogP) is -0.348. The van der Waals surface area contributed by atoms with Gasteiger partial charge in [0.15, 0.2) is 0 Å². The van der Waals surface area contributed by atoms with Crippen LogP contribution in [0.2, 0.25) is 0 Å². The number of β-amino-alcohol motifs (C(OH)–C–C–N with tert-alkyl or cyclic N) is 1. The lowest BCUT2D eigenvalue weighted by molar-refractivity contribution is 0.0368. The van der Waals surface area contributed by atoms with E-state index in [0.717, 1.165) is 0 Å². The van der Waals surface area contributed by atoms with Crippen molar-refractivity contribution in [2.75, 3.05) is 6.54 Å². The number of aliphatic hydroxyl groups excluding tert-OH is 2. The van der Waals surface area contributed by atoms with Gasteiger partial charge in [-0.2, -0.15) is 0 Å².